The van der Waals surface area contributed by atoms with E-state index in [1.54, 1.807) is 24.3 Å². The molecule has 4 heteroatoms. The van der Waals surface area contributed by atoms with Gasteiger partial charge in [0.05, 0.1) is 6.61 Å². The van der Waals surface area contributed by atoms with Crippen LogP contribution >= 0.6 is 0 Å². The maximum atomic E-state index is 10.0. The van der Waals surface area contributed by atoms with Gasteiger partial charge in [-0.3, -0.25) is 4.18 Å². The van der Waals surface area contributed by atoms with E-state index >= 15 is 0 Å². The summed E-state index contributed by atoms with van der Waals surface area (Å²) in [4.78, 5) is 0. The highest BCUT2D eigenvalue weighted by Gasteiger charge is 1.92. The maximum absolute atomic E-state index is 10.0. The first-order valence-corrected chi connectivity index (χ1v) is 4.46. The topological polar surface area (TPSA) is 43.4 Å². The Morgan fingerprint density at radius 1 is 1.25 bits per heavy atom. The number of hydrogen-bond donors (Lipinski definition) is 1. The van der Waals surface area contributed by atoms with Crippen molar-refractivity contribution in [3.8, 4) is 0 Å². The summed E-state index contributed by atoms with van der Waals surface area (Å²) in [6.45, 7) is 3.79. The van der Waals surface area contributed by atoms with Gasteiger partial charge in [0.1, 0.15) is 0 Å². The minimum atomic E-state index is -2.75. The van der Waals surface area contributed by atoms with Crippen LogP contribution < -0.4 is 0 Å². The Kier molecular flexibility index (Phi) is 3.25. The van der Waals surface area contributed by atoms with Crippen LogP contribution in [-0.2, 0) is 21.8 Å². The van der Waals surface area contributed by atoms with Gasteiger partial charge in [0.25, 0.3) is 11.0 Å². The van der Waals surface area contributed by atoms with Gasteiger partial charge >= 0.3 is 0 Å². The molecule has 0 atom stereocenters. The minimum Gasteiger partial charge on any atom is -0.267 e. The Morgan fingerprint density at radius 3 is 2.33 bits per heavy atom. The van der Waals surface area contributed by atoms with Crippen molar-refractivity contribution in [3.05, 3.63) is 42.3 Å². The molecule has 0 aromatic heterocycles. The lowest BCUT2D eigenvalue weighted by molar-refractivity contribution is 0.323. The van der Waals surface area contributed by atoms with Crippen LogP contribution in [0.15, 0.2) is 24.3 Å². The van der Waals surface area contributed by atoms with Gasteiger partial charge in [0.2, 0.25) is 0 Å². The maximum Gasteiger partial charge on any atom is 0.257 e. The third-order valence-corrected chi connectivity index (χ3v) is 1.70. The monoisotopic (exact) mass is 185 g/mol. The average molecular weight is 185 g/mol. The molecule has 1 aromatic carbocycles. The minimum absolute atomic E-state index is 0.0962. The Labute approximate surface area is 73.1 Å². The van der Waals surface area contributed by atoms with Crippen LogP contribution in [0.25, 0.3) is 0 Å². The summed E-state index contributed by atoms with van der Waals surface area (Å²) in [5, 5.41) is 0. The standard InChI is InChI=1S/C8H9O3S/c1-7-2-4-8(5-3-7)6-11-12(9)10/h2-5,12H,1,6H2. The molecule has 0 bridgehead atoms. The van der Waals surface area contributed by atoms with Crippen LogP contribution in [0, 0.1) is 6.92 Å². The molecule has 1 aromatic rings. The summed E-state index contributed by atoms with van der Waals surface area (Å²) in [6.07, 6.45) is 0. The smallest absolute Gasteiger partial charge is 0.257 e. The number of thiol groups is 1. The molecule has 0 amide bonds. The quantitative estimate of drug-likeness (QED) is 0.712. The molecule has 0 spiro atoms. The first-order valence-electron chi connectivity index (χ1n) is 3.36. The largest absolute Gasteiger partial charge is 0.267 e. The van der Waals surface area contributed by atoms with Crippen molar-refractivity contribution in [3.63, 3.8) is 0 Å². The van der Waals surface area contributed by atoms with Gasteiger partial charge in [-0.25, -0.2) is 8.42 Å². The molecular weight excluding hydrogens is 176 g/mol. The molecule has 0 fully saturated rings. The van der Waals surface area contributed by atoms with Crippen molar-refractivity contribution in [1.29, 1.82) is 0 Å². The summed E-state index contributed by atoms with van der Waals surface area (Å²) in [5.74, 6) is 0. The third-order valence-electron chi connectivity index (χ3n) is 1.36. The van der Waals surface area contributed by atoms with Crippen LogP contribution in [0.1, 0.15) is 11.1 Å². The second-order valence-corrected chi connectivity index (χ2v) is 3.02. The summed E-state index contributed by atoms with van der Waals surface area (Å²) >= 11 is 0. The van der Waals surface area contributed by atoms with Crippen LogP contribution in [0.4, 0.5) is 0 Å². The molecule has 0 unspecified atom stereocenters. The van der Waals surface area contributed by atoms with E-state index in [0.29, 0.717) is 0 Å². The molecule has 0 aliphatic heterocycles. The summed E-state index contributed by atoms with van der Waals surface area (Å²) < 4.78 is 24.5. The second-order valence-electron chi connectivity index (χ2n) is 2.31. The van der Waals surface area contributed by atoms with E-state index in [9.17, 15) is 8.42 Å². The Bertz CT molecular complexity index is 306. The van der Waals surface area contributed by atoms with Crippen molar-refractivity contribution < 1.29 is 12.6 Å². The van der Waals surface area contributed by atoms with Gasteiger partial charge in [0, 0.05) is 0 Å². The predicted molar refractivity (Wildman–Crippen MR) is 46.0 cm³/mol. The van der Waals surface area contributed by atoms with Crippen molar-refractivity contribution >= 4 is 11.0 Å². The lowest BCUT2D eigenvalue weighted by atomic mass is 10.2. The van der Waals surface area contributed by atoms with E-state index in [1.807, 2.05) is 0 Å². The summed E-state index contributed by atoms with van der Waals surface area (Å²) in [7, 11) is -2.75. The highest BCUT2D eigenvalue weighted by molar-refractivity contribution is 7.67. The zero-order valence-corrected chi connectivity index (χ0v) is 7.29. The number of hydrogen-bond acceptors (Lipinski definition) is 3. The first-order chi connectivity index (χ1) is 5.68. The lowest BCUT2D eigenvalue weighted by Gasteiger charge is -1.97. The molecule has 0 saturated carbocycles. The summed E-state index contributed by atoms with van der Waals surface area (Å²) in [6, 6.07) is 7.16. The predicted octanol–water partition coefficient (Wildman–Crippen LogP) is 0.912. The van der Waals surface area contributed by atoms with Crippen LogP contribution in [0.2, 0.25) is 0 Å². The zero-order valence-electron chi connectivity index (χ0n) is 6.40. The van der Waals surface area contributed by atoms with Crippen LogP contribution in [0.5, 0.6) is 0 Å². The molecule has 12 heavy (non-hydrogen) atoms. The van der Waals surface area contributed by atoms with E-state index in [1.165, 1.54) is 0 Å². The fraction of sp³-hybridized carbons (Fsp3) is 0.125. The van der Waals surface area contributed by atoms with Crippen molar-refractivity contribution in [1.82, 2.24) is 0 Å². The molecular formula is C8H9O3S. The fourth-order valence-electron chi connectivity index (χ4n) is 0.763. The Balaban J connectivity index is 2.59. The van der Waals surface area contributed by atoms with Crippen molar-refractivity contribution in [2.24, 2.45) is 0 Å². The van der Waals surface area contributed by atoms with Crippen molar-refractivity contribution in [2.45, 2.75) is 6.61 Å². The van der Waals surface area contributed by atoms with Gasteiger partial charge in [-0.15, -0.1) is 0 Å². The lowest BCUT2D eigenvalue weighted by Crippen LogP contribution is -1.90. The molecule has 65 valence electrons. The van der Waals surface area contributed by atoms with E-state index in [0.717, 1.165) is 11.1 Å². The van der Waals surface area contributed by atoms with E-state index < -0.39 is 11.0 Å². The van der Waals surface area contributed by atoms with Crippen molar-refractivity contribution in [2.75, 3.05) is 0 Å². The molecule has 1 rings (SSSR count). The zero-order chi connectivity index (χ0) is 8.97. The Hall–Kier alpha value is -0.870. The van der Waals surface area contributed by atoms with Gasteiger partial charge in [-0.1, -0.05) is 24.3 Å². The van der Waals surface area contributed by atoms with Gasteiger partial charge in [-0.05, 0) is 18.1 Å². The van der Waals surface area contributed by atoms with E-state index in [2.05, 4.69) is 11.1 Å². The highest BCUT2D eigenvalue weighted by Crippen LogP contribution is 2.03. The van der Waals surface area contributed by atoms with Gasteiger partial charge < -0.3 is 0 Å². The van der Waals surface area contributed by atoms with Crippen LogP contribution in [-0.4, -0.2) is 8.42 Å². The fourth-order valence-corrected chi connectivity index (χ4v) is 1.02. The summed E-state index contributed by atoms with van der Waals surface area (Å²) in [5.41, 5.74) is 1.71. The second kappa shape index (κ2) is 4.23. The van der Waals surface area contributed by atoms with E-state index in [-0.39, 0.29) is 6.61 Å². The molecule has 0 saturated heterocycles. The molecule has 0 aliphatic rings. The molecule has 0 heterocycles. The van der Waals surface area contributed by atoms with E-state index in [4.69, 9.17) is 0 Å². The number of rotatable bonds is 3. The first kappa shape index (κ1) is 9.22. The molecule has 3 nitrogen and oxygen atoms in total. The molecule has 0 N–H and O–H groups in total. The average Bonchev–Trinajstić information content (AvgIpc) is 2.03. The third kappa shape index (κ3) is 3.02. The normalized spacial score (nSPS) is 10.5. The van der Waals surface area contributed by atoms with Gasteiger partial charge in [0.15, 0.2) is 0 Å². The molecule has 1 radical (unpaired) electrons. The van der Waals surface area contributed by atoms with Crippen LogP contribution in [0.3, 0.4) is 0 Å². The van der Waals surface area contributed by atoms with Gasteiger partial charge in [-0.2, -0.15) is 0 Å². The molecule has 0 aliphatic carbocycles. The Morgan fingerprint density at radius 2 is 1.83 bits per heavy atom. The highest BCUT2D eigenvalue weighted by atomic mass is 32.2. The number of benzene rings is 1. The SMILES string of the molecule is [CH2]c1ccc(CO[SH](=O)=O)cc1.